The van der Waals surface area contributed by atoms with E-state index in [1.807, 2.05) is 0 Å². The first-order chi connectivity index (χ1) is 12.4. The zero-order chi connectivity index (χ0) is 18.7. The molecular weight excluding hydrogens is 352 g/mol. The number of amides is 1. The number of aryl methyl sites for hydroxylation is 1. The third-order valence-electron chi connectivity index (χ3n) is 5.76. The van der Waals surface area contributed by atoms with Crippen molar-refractivity contribution in [2.75, 3.05) is 13.1 Å². The molecule has 26 heavy (non-hydrogen) atoms. The van der Waals surface area contributed by atoms with Crippen molar-refractivity contribution in [3.63, 3.8) is 0 Å². The smallest absolute Gasteiger partial charge is 0.246 e. The highest BCUT2D eigenvalue weighted by molar-refractivity contribution is 7.89. The second kappa shape index (κ2) is 8.08. The van der Waals surface area contributed by atoms with Crippen LogP contribution in [0.15, 0.2) is 11.1 Å². The summed E-state index contributed by atoms with van der Waals surface area (Å²) < 4.78 is 29.0. The van der Waals surface area contributed by atoms with E-state index >= 15 is 0 Å². The van der Waals surface area contributed by atoms with E-state index in [4.69, 9.17) is 0 Å². The number of aromatic nitrogens is 2. The molecule has 1 saturated heterocycles. The maximum atomic E-state index is 13.0. The first kappa shape index (κ1) is 19.4. The first-order valence-electron chi connectivity index (χ1n) is 9.68. The molecule has 0 aromatic carbocycles. The highest BCUT2D eigenvalue weighted by atomic mass is 32.2. The van der Waals surface area contributed by atoms with Crippen molar-refractivity contribution >= 4 is 15.9 Å². The van der Waals surface area contributed by atoms with E-state index in [9.17, 15) is 13.2 Å². The predicted molar refractivity (Wildman–Crippen MR) is 99.1 cm³/mol. The van der Waals surface area contributed by atoms with E-state index in [0.29, 0.717) is 18.7 Å². The Kier molecular flexibility index (Phi) is 6.02. The van der Waals surface area contributed by atoms with Crippen molar-refractivity contribution < 1.29 is 13.2 Å². The minimum Gasteiger partial charge on any atom is -0.353 e. The summed E-state index contributed by atoms with van der Waals surface area (Å²) >= 11 is 0. The van der Waals surface area contributed by atoms with E-state index in [2.05, 4.69) is 10.4 Å². The zero-order valence-corrected chi connectivity index (χ0v) is 16.6. The molecule has 1 saturated carbocycles. The van der Waals surface area contributed by atoms with Crippen LogP contribution in [-0.2, 0) is 21.9 Å². The van der Waals surface area contributed by atoms with Gasteiger partial charge in [0.15, 0.2) is 0 Å². The molecule has 1 aromatic heterocycles. The van der Waals surface area contributed by atoms with Crippen molar-refractivity contribution in [3.05, 3.63) is 11.9 Å². The van der Waals surface area contributed by atoms with Crippen LogP contribution in [0, 0.1) is 12.8 Å². The number of nitrogens with zero attached hydrogens (tertiary/aromatic N) is 3. The SMILES string of the molecule is Cc1c(S(=O)(=O)N2CCC[C@@H](C(=O)NC3CCCCCC3)C2)cnn1C. The number of hydrogen-bond donors (Lipinski definition) is 1. The van der Waals surface area contributed by atoms with Gasteiger partial charge in [0.05, 0.1) is 17.8 Å². The minimum absolute atomic E-state index is 0.0136. The lowest BCUT2D eigenvalue weighted by Gasteiger charge is -2.32. The highest BCUT2D eigenvalue weighted by Gasteiger charge is 2.35. The Labute approximate surface area is 156 Å². The second-order valence-electron chi connectivity index (χ2n) is 7.62. The van der Waals surface area contributed by atoms with Crippen LogP contribution >= 0.6 is 0 Å². The zero-order valence-electron chi connectivity index (χ0n) is 15.8. The van der Waals surface area contributed by atoms with Crippen LogP contribution < -0.4 is 5.32 Å². The summed E-state index contributed by atoms with van der Waals surface area (Å²) in [5.74, 6) is -0.251. The molecule has 7 nitrogen and oxygen atoms in total. The average Bonchev–Trinajstić information content (AvgIpc) is 2.83. The quantitative estimate of drug-likeness (QED) is 0.807. The molecule has 2 fully saturated rings. The molecular formula is C18H30N4O3S. The number of nitrogens with one attached hydrogen (secondary N) is 1. The Balaban J connectivity index is 1.66. The number of carbonyl (C=O) groups is 1. The third kappa shape index (κ3) is 4.11. The van der Waals surface area contributed by atoms with Gasteiger partial charge in [0.25, 0.3) is 0 Å². The molecule has 8 heteroatoms. The molecule has 1 amide bonds. The number of hydrogen-bond acceptors (Lipinski definition) is 4. The second-order valence-corrected chi connectivity index (χ2v) is 9.52. The number of carbonyl (C=O) groups excluding carboxylic acids is 1. The molecule has 2 aliphatic rings. The summed E-state index contributed by atoms with van der Waals surface area (Å²) in [6.07, 6.45) is 9.74. The van der Waals surface area contributed by atoms with Crippen molar-refractivity contribution in [1.29, 1.82) is 0 Å². The molecule has 1 aliphatic heterocycles. The normalized spacial score (nSPS) is 23.5. The molecule has 146 valence electrons. The van der Waals surface area contributed by atoms with Gasteiger partial charge in [0.1, 0.15) is 4.90 Å². The van der Waals surface area contributed by atoms with Crippen LogP contribution in [0.2, 0.25) is 0 Å². The molecule has 0 spiro atoms. The number of piperidine rings is 1. The molecule has 2 heterocycles. The molecule has 1 atom stereocenters. The Hall–Kier alpha value is -1.41. The molecule has 0 bridgehead atoms. The molecule has 1 aliphatic carbocycles. The predicted octanol–water partition coefficient (Wildman–Crippen LogP) is 1.97. The van der Waals surface area contributed by atoms with Gasteiger partial charge in [-0.25, -0.2) is 8.42 Å². The fourth-order valence-electron chi connectivity index (χ4n) is 3.99. The number of rotatable bonds is 4. The molecule has 0 unspecified atom stereocenters. The fraction of sp³-hybridized carbons (Fsp3) is 0.778. The van der Waals surface area contributed by atoms with E-state index in [0.717, 1.165) is 32.1 Å². The fourth-order valence-corrected chi connectivity index (χ4v) is 5.70. The summed E-state index contributed by atoms with van der Waals surface area (Å²) in [7, 11) is -1.88. The van der Waals surface area contributed by atoms with Crippen molar-refractivity contribution in [2.45, 2.75) is 69.2 Å². The van der Waals surface area contributed by atoms with E-state index in [1.54, 1.807) is 18.7 Å². The molecule has 1 aromatic rings. The molecule has 0 radical (unpaired) electrons. The van der Waals surface area contributed by atoms with Crippen molar-refractivity contribution in [3.8, 4) is 0 Å². The molecule has 3 rings (SSSR count). The van der Waals surface area contributed by atoms with Gasteiger partial charge in [-0.2, -0.15) is 9.40 Å². The highest BCUT2D eigenvalue weighted by Crippen LogP contribution is 2.26. The van der Waals surface area contributed by atoms with Crippen LogP contribution in [0.3, 0.4) is 0 Å². The number of sulfonamides is 1. The van der Waals surface area contributed by atoms with Gasteiger partial charge in [-0.05, 0) is 32.6 Å². The average molecular weight is 383 g/mol. The summed E-state index contributed by atoms with van der Waals surface area (Å²) in [6, 6.07) is 0.248. The summed E-state index contributed by atoms with van der Waals surface area (Å²) in [4.78, 5) is 13.0. The van der Waals surface area contributed by atoms with Gasteiger partial charge in [-0.15, -0.1) is 0 Å². The van der Waals surface area contributed by atoms with E-state index in [-0.39, 0.29) is 29.3 Å². The van der Waals surface area contributed by atoms with Gasteiger partial charge in [0.2, 0.25) is 15.9 Å². The van der Waals surface area contributed by atoms with Crippen LogP contribution in [0.25, 0.3) is 0 Å². The van der Waals surface area contributed by atoms with Crippen LogP contribution in [0.1, 0.15) is 57.1 Å². The minimum atomic E-state index is -3.61. The maximum Gasteiger partial charge on any atom is 0.246 e. The lowest BCUT2D eigenvalue weighted by atomic mass is 9.97. The Bertz CT molecular complexity index is 736. The van der Waals surface area contributed by atoms with Crippen molar-refractivity contribution in [1.82, 2.24) is 19.4 Å². The topological polar surface area (TPSA) is 84.3 Å². The Morgan fingerprint density at radius 1 is 1.15 bits per heavy atom. The summed E-state index contributed by atoms with van der Waals surface area (Å²) in [5, 5.41) is 7.23. The van der Waals surface area contributed by atoms with Gasteiger partial charge in [-0.3, -0.25) is 9.48 Å². The Morgan fingerprint density at radius 2 is 1.85 bits per heavy atom. The third-order valence-corrected chi connectivity index (χ3v) is 7.73. The maximum absolute atomic E-state index is 13.0. The van der Waals surface area contributed by atoms with E-state index in [1.165, 1.54) is 23.3 Å². The monoisotopic (exact) mass is 382 g/mol. The van der Waals surface area contributed by atoms with Crippen molar-refractivity contribution in [2.24, 2.45) is 13.0 Å². The lowest BCUT2D eigenvalue weighted by molar-refractivity contribution is -0.126. The summed E-state index contributed by atoms with van der Waals surface area (Å²) in [5.41, 5.74) is 0.620. The van der Waals surface area contributed by atoms with Gasteiger partial charge in [-0.1, -0.05) is 25.7 Å². The van der Waals surface area contributed by atoms with Crippen LogP contribution in [-0.4, -0.2) is 47.5 Å². The largest absolute Gasteiger partial charge is 0.353 e. The van der Waals surface area contributed by atoms with Crippen LogP contribution in [0.5, 0.6) is 0 Å². The van der Waals surface area contributed by atoms with Gasteiger partial charge >= 0.3 is 0 Å². The van der Waals surface area contributed by atoms with Gasteiger partial charge < -0.3 is 5.32 Å². The Morgan fingerprint density at radius 3 is 2.46 bits per heavy atom. The molecule has 1 N–H and O–H groups in total. The first-order valence-corrected chi connectivity index (χ1v) is 11.1. The lowest BCUT2D eigenvalue weighted by Crippen LogP contribution is -2.47. The summed E-state index contributed by atoms with van der Waals surface area (Å²) in [6.45, 7) is 2.47. The van der Waals surface area contributed by atoms with Crippen LogP contribution in [0.4, 0.5) is 0 Å². The van der Waals surface area contributed by atoms with E-state index < -0.39 is 10.0 Å². The standard InChI is InChI=1S/C18H30N4O3S/c1-14-17(12-19-21(14)2)26(24,25)22-11-7-8-15(13-22)18(23)20-16-9-5-3-4-6-10-16/h12,15-16H,3-11,13H2,1-2H3,(H,20,23)/t15-/m1/s1. The van der Waals surface area contributed by atoms with Gasteiger partial charge in [0, 0.05) is 26.2 Å².